The van der Waals surface area contributed by atoms with E-state index < -0.39 is 0 Å². The highest BCUT2D eigenvalue weighted by Gasteiger charge is 2.15. The Bertz CT molecular complexity index is 781. The van der Waals surface area contributed by atoms with Gasteiger partial charge in [-0.1, -0.05) is 13.3 Å². The number of aromatic nitrogens is 4. The van der Waals surface area contributed by atoms with Crippen molar-refractivity contribution >= 4 is 16.9 Å². The Kier molecular flexibility index (Phi) is 4.50. The van der Waals surface area contributed by atoms with Gasteiger partial charge in [0.2, 0.25) is 0 Å². The van der Waals surface area contributed by atoms with Crippen LogP contribution in [0.1, 0.15) is 26.7 Å². The van der Waals surface area contributed by atoms with Crippen molar-refractivity contribution < 1.29 is 4.39 Å². The Morgan fingerprint density at radius 3 is 2.61 bits per heavy atom. The van der Waals surface area contributed by atoms with Crippen molar-refractivity contribution in [1.82, 2.24) is 19.7 Å². The van der Waals surface area contributed by atoms with Gasteiger partial charge >= 0.3 is 0 Å². The Labute approximate surface area is 134 Å². The van der Waals surface area contributed by atoms with Crippen molar-refractivity contribution in [3.63, 3.8) is 0 Å². The monoisotopic (exact) mass is 313 g/mol. The minimum absolute atomic E-state index is 0.266. The summed E-state index contributed by atoms with van der Waals surface area (Å²) in [6.07, 6.45) is 5.60. The van der Waals surface area contributed by atoms with E-state index in [1.165, 1.54) is 12.1 Å². The molecule has 0 atom stereocenters. The van der Waals surface area contributed by atoms with Gasteiger partial charge in [0, 0.05) is 13.1 Å². The molecule has 0 unspecified atom stereocenters. The van der Waals surface area contributed by atoms with Gasteiger partial charge in [-0.3, -0.25) is 0 Å². The molecular weight excluding hydrogens is 293 g/mol. The van der Waals surface area contributed by atoms with Crippen LogP contribution in [-0.4, -0.2) is 32.8 Å². The number of halogens is 1. The van der Waals surface area contributed by atoms with Crippen LogP contribution in [0.5, 0.6) is 0 Å². The molecule has 0 radical (unpaired) electrons. The zero-order chi connectivity index (χ0) is 16.2. The van der Waals surface area contributed by atoms with Crippen molar-refractivity contribution in [3.8, 4) is 5.69 Å². The van der Waals surface area contributed by atoms with E-state index in [0.29, 0.717) is 0 Å². The molecule has 3 rings (SSSR count). The van der Waals surface area contributed by atoms with Crippen molar-refractivity contribution in [2.24, 2.45) is 0 Å². The molecule has 0 aliphatic rings. The molecule has 0 aliphatic carbocycles. The second-order valence-electron chi connectivity index (χ2n) is 5.40. The van der Waals surface area contributed by atoms with E-state index in [0.717, 1.165) is 48.5 Å². The quantitative estimate of drug-likeness (QED) is 0.698. The first-order valence-corrected chi connectivity index (χ1v) is 7.94. The number of anilines is 1. The number of nitrogens with zero attached hydrogens (tertiary/aromatic N) is 5. The van der Waals surface area contributed by atoms with Crippen LogP contribution < -0.4 is 4.90 Å². The zero-order valence-electron chi connectivity index (χ0n) is 13.4. The lowest BCUT2D eigenvalue weighted by Gasteiger charge is -2.21. The van der Waals surface area contributed by atoms with Gasteiger partial charge in [-0.15, -0.1) is 0 Å². The van der Waals surface area contributed by atoms with E-state index in [1.54, 1.807) is 29.3 Å². The number of benzene rings is 1. The summed E-state index contributed by atoms with van der Waals surface area (Å²) in [6, 6.07) is 6.23. The first kappa shape index (κ1) is 15.4. The predicted octanol–water partition coefficient (Wildman–Crippen LogP) is 3.58. The molecule has 0 saturated heterocycles. The zero-order valence-corrected chi connectivity index (χ0v) is 13.4. The fraction of sp³-hybridized carbons (Fsp3) is 0.353. The average molecular weight is 313 g/mol. The average Bonchev–Trinajstić information content (AvgIpc) is 3.01. The second-order valence-corrected chi connectivity index (χ2v) is 5.40. The van der Waals surface area contributed by atoms with Gasteiger partial charge in [-0.05, 0) is 37.6 Å². The normalized spacial score (nSPS) is 11.1. The summed E-state index contributed by atoms with van der Waals surface area (Å²) < 4.78 is 14.8. The highest BCUT2D eigenvalue weighted by Crippen LogP contribution is 2.24. The summed E-state index contributed by atoms with van der Waals surface area (Å²) >= 11 is 0. The SMILES string of the molecule is CCCCN(CC)c1ncnc2c1cnn2-c1ccc(F)cc1. The molecule has 0 fully saturated rings. The van der Waals surface area contributed by atoms with Crippen LogP contribution in [0.4, 0.5) is 10.2 Å². The maximum atomic E-state index is 13.1. The molecule has 6 heteroatoms. The first-order chi connectivity index (χ1) is 11.2. The fourth-order valence-electron chi connectivity index (χ4n) is 2.62. The highest BCUT2D eigenvalue weighted by atomic mass is 19.1. The number of unbranched alkanes of at least 4 members (excludes halogenated alkanes) is 1. The first-order valence-electron chi connectivity index (χ1n) is 7.94. The molecule has 3 aromatic rings. The van der Waals surface area contributed by atoms with Crippen LogP contribution in [0.15, 0.2) is 36.8 Å². The predicted molar refractivity (Wildman–Crippen MR) is 89.4 cm³/mol. The van der Waals surface area contributed by atoms with E-state index >= 15 is 0 Å². The van der Waals surface area contributed by atoms with Crippen molar-refractivity contribution in [2.45, 2.75) is 26.7 Å². The van der Waals surface area contributed by atoms with E-state index in [1.807, 2.05) is 0 Å². The molecule has 0 aliphatic heterocycles. The maximum Gasteiger partial charge on any atom is 0.168 e. The Morgan fingerprint density at radius 1 is 1.13 bits per heavy atom. The molecular formula is C17H20FN5. The van der Waals surface area contributed by atoms with Crippen molar-refractivity contribution in [3.05, 3.63) is 42.6 Å². The van der Waals surface area contributed by atoms with Gasteiger partial charge in [0.25, 0.3) is 0 Å². The number of hydrogen-bond donors (Lipinski definition) is 0. The smallest absolute Gasteiger partial charge is 0.168 e. The molecule has 2 heterocycles. The second kappa shape index (κ2) is 6.73. The topological polar surface area (TPSA) is 46.8 Å². The van der Waals surface area contributed by atoms with E-state index in [4.69, 9.17) is 0 Å². The summed E-state index contributed by atoms with van der Waals surface area (Å²) in [5.41, 5.74) is 1.51. The summed E-state index contributed by atoms with van der Waals surface area (Å²) in [5.74, 6) is 0.636. The molecule has 0 N–H and O–H groups in total. The van der Waals surface area contributed by atoms with Crippen LogP contribution in [0.25, 0.3) is 16.7 Å². The van der Waals surface area contributed by atoms with Crippen LogP contribution in [-0.2, 0) is 0 Å². The van der Waals surface area contributed by atoms with Crippen molar-refractivity contribution in [2.75, 3.05) is 18.0 Å². The van der Waals surface area contributed by atoms with Crippen molar-refractivity contribution in [1.29, 1.82) is 0 Å². The molecule has 0 bridgehead atoms. The third-order valence-electron chi connectivity index (χ3n) is 3.88. The van der Waals surface area contributed by atoms with Gasteiger partial charge < -0.3 is 4.90 Å². The highest BCUT2D eigenvalue weighted by molar-refractivity contribution is 5.87. The van der Waals surface area contributed by atoms with Crippen LogP contribution in [0, 0.1) is 5.82 Å². The minimum Gasteiger partial charge on any atom is -0.356 e. The standard InChI is InChI=1S/C17H20FN5/c1-3-5-10-22(4-2)16-15-11-21-23(17(15)20-12-19-16)14-8-6-13(18)7-9-14/h6-9,11-12H,3-5,10H2,1-2H3. The maximum absolute atomic E-state index is 13.1. The summed E-state index contributed by atoms with van der Waals surface area (Å²) in [5, 5.41) is 5.33. The summed E-state index contributed by atoms with van der Waals surface area (Å²) in [4.78, 5) is 11.1. The van der Waals surface area contributed by atoms with E-state index in [9.17, 15) is 4.39 Å². The van der Waals surface area contributed by atoms with Gasteiger partial charge in [0.15, 0.2) is 5.65 Å². The van der Waals surface area contributed by atoms with Crippen LogP contribution in [0.3, 0.4) is 0 Å². The van der Waals surface area contributed by atoms with E-state index in [2.05, 4.69) is 33.8 Å². The Morgan fingerprint density at radius 2 is 1.91 bits per heavy atom. The van der Waals surface area contributed by atoms with Crippen LogP contribution >= 0.6 is 0 Å². The third kappa shape index (κ3) is 3.02. The minimum atomic E-state index is -0.266. The molecule has 5 nitrogen and oxygen atoms in total. The van der Waals surface area contributed by atoms with Gasteiger partial charge in [-0.25, -0.2) is 19.0 Å². The summed E-state index contributed by atoms with van der Waals surface area (Å²) in [7, 11) is 0. The molecule has 1 aromatic carbocycles. The van der Waals surface area contributed by atoms with Gasteiger partial charge in [0.05, 0.1) is 17.3 Å². The number of rotatable bonds is 6. The molecule has 23 heavy (non-hydrogen) atoms. The lowest BCUT2D eigenvalue weighted by Crippen LogP contribution is -2.25. The Hall–Kier alpha value is -2.50. The lowest BCUT2D eigenvalue weighted by molar-refractivity contribution is 0.627. The number of hydrogen-bond acceptors (Lipinski definition) is 4. The fourth-order valence-corrected chi connectivity index (χ4v) is 2.62. The molecule has 0 amide bonds. The molecule has 120 valence electrons. The lowest BCUT2D eigenvalue weighted by atomic mass is 10.3. The van der Waals surface area contributed by atoms with E-state index in [-0.39, 0.29) is 5.82 Å². The van der Waals surface area contributed by atoms with Gasteiger partial charge in [0.1, 0.15) is 18.0 Å². The molecule has 0 spiro atoms. The summed E-state index contributed by atoms with van der Waals surface area (Å²) in [6.45, 7) is 6.14. The third-order valence-corrected chi connectivity index (χ3v) is 3.88. The Balaban J connectivity index is 2.04. The number of fused-ring (bicyclic) bond motifs is 1. The molecule has 0 saturated carbocycles. The largest absolute Gasteiger partial charge is 0.356 e. The molecule has 2 aromatic heterocycles. The van der Waals surface area contributed by atoms with Gasteiger partial charge in [-0.2, -0.15) is 5.10 Å². The van der Waals surface area contributed by atoms with Crippen LogP contribution in [0.2, 0.25) is 0 Å².